The second-order valence-electron chi connectivity index (χ2n) is 6.13. The van der Waals surface area contributed by atoms with E-state index in [1.165, 1.54) is 33.6 Å². The van der Waals surface area contributed by atoms with Crippen molar-refractivity contribution in [3.05, 3.63) is 28.3 Å². The molecule has 4 heterocycles. The minimum absolute atomic E-state index is 0.107. The Morgan fingerprint density at radius 1 is 1.26 bits per heavy atom. The molecule has 1 fully saturated rings. The van der Waals surface area contributed by atoms with Crippen LogP contribution in [0.25, 0.3) is 10.3 Å². The van der Waals surface area contributed by atoms with E-state index >= 15 is 0 Å². The van der Waals surface area contributed by atoms with E-state index in [-0.39, 0.29) is 18.0 Å². The van der Waals surface area contributed by atoms with Crippen LogP contribution in [-0.4, -0.2) is 63.0 Å². The third kappa shape index (κ3) is 3.84. The first-order valence-electron chi connectivity index (χ1n) is 8.66. The second-order valence-corrected chi connectivity index (χ2v) is 8.01. The van der Waals surface area contributed by atoms with Gasteiger partial charge in [-0.1, -0.05) is 18.3 Å². The van der Waals surface area contributed by atoms with Crippen molar-refractivity contribution >= 4 is 49.2 Å². The van der Waals surface area contributed by atoms with Crippen LogP contribution in [0.2, 0.25) is 0 Å². The maximum absolute atomic E-state index is 12.7. The van der Waals surface area contributed by atoms with Gasteiger partial charge in [0.1, 0.15) is 17.6 Å². The highest BCUT2D eigenvalue weighted by Crippen LogP contribution is 2.26. The lowest BCUT2D eigenvalue weighted by Crippen LogP contribution is -2.46. The van der Waals surface area contributed by atoms with Crippen molar-refractivity contribution < 1.29 is 4.79 Å². The Bertz CT molecular complexity index is 990. The number of carbonyl (C=O) groups is 1. The number of aromatic nitrogens is 4. The number of likely N-dealkylation sites (N-methyl/N-ethyl adjacent to an activating group) is 1. The number of amides is 1. The predicted octanol–water partition coefficient (Wildman–Crippen LogP) is 1.09. The molecule has 0 aliphatic carbocycles. The first kappa shape index (κ1) is 18.0. The number of thiazole rings is 2. The van der Waals surface area contributed by atoms with Crippen LogP contribution in [0.1, 0.15) is 6.92 Å². The van der Waals surface area contributed by atoms with Gasteiger partial charge in [-0.3, -0.25) is 14.2 Å². The molecule has 11 heteroatoms. The highest BCUT2D eigenvalue weighted by Gasteiger charge is 2.20. The predicted molar refractivity (Wildman–Crippen MR) is 107 cm³/mol. The van der Waals surface area contributed by atoms with Gasteiger partial charge in [-0.15, -0.1) is 11.3 Å². The van der Waals surface area contributed by atoms with Crippen molar-refractivity contribution in [1.29, 1.82) is 0 Å². The smallest absolute Gasteiger partial charge is 0.273 e. The van der Waals surface area contributed by atoms with Gasteiger partial charge in [-0.25, -0.2) is 9.97 Å². The van der Waals surface area contributed by atoms with Crippen LogP contribution < -0.4 is 15.8 Å². The fourth-order valence-corrected chi connectivity index (χ4v) is 4.50. The fourth-order valence-electron chi connectivity index (χ4n) is 2.94. The van der Waals surface area contributed by atoms with Crippen LogP contribution in [0.15, 0.2) is 22.7 Å². The van der Waals surface area contributed by atoms with Crippen LogP contribution >= 0.6 is 22.7 Å². The Morgan fingerprint density at radius 3 is 2.78 bits per heavy atom. The van der Waals surface area contributed by atoms with E-state index in [0.29, 0.717) is 15.5 Å². The average molecular weight is 406 g/mol. The third-order valence-corrected chi connectivity index (χ3v) is 6.24. The first-order chi connectivity index (χ1) is 13.1. The quantitative estimate of drug-likeness (QED) is 0.679. The monoisotopic (exact) mass is 405 g/mol. The van der Waals surface area contributed by atoms with Gasteiger partial charge in [-0.05, 0) is 6.54 Å². The summed E-state index contributed by atoms with van der Waals surface area (Å²) < 4.78 is 1.79. The summed E-state index contributed by atoms with van der Waals surface area (Å²) in [7, 11) is 0. The maximum Gasteiger partial charge on any atom is 0.273 e. The summed E-state index contributed by atoms with van der Waals surface area (Å²) in [6.07, 6.45) is 2.99. The molecule has 1 N–H and O–H groups in total. The molecule has 0 radical (unpaired) electrons. The highest BCUT2D eigenvalue weighted by atomic mass is 32.1. The zero-order chi connectivity index (χ0) is 18.8. The van der Waals surface area contributed by atoms with Crippen molar-refractivity contribution in [2.24, 2.45) is 0 Å². The third-order valence-electron chi connectivity index (χ3n) is 4.46. The highest BCUT2D eigenvalue weighted by molar-refractivity contribution is 7.22. The summed E-state index contributed by atoms with van der Waals surface area (Å²) in [5.74, 6) is -0.311. The van der Waals surface area contributed by atoms with Gasteiger partial charge in [-0.2, -0.15) is 4.98 Å². The van der Waals surface area contributed by atoms with Crippen molar-refractivity contribution in [2.75, 3.05) is 42.9 Å². The summed E-state index contributed by atoms with van der Waals surface area (Å²) in [6, 6.07) is 0. The lowest BCUT2D eigenvalue weighted by molar-refractivity contribution is -0.116. The number of fused-ring (bicyclic) bond motifs is 1. The van der Waals surface area contributed by atoms with Gasteiger partial charge < -0.3 is 15.1 Å². The van der Waals surface area contributed by atoms with Crippen LogP contribution in [0, 0.1) is 0 Å². The first-order valence-corrected chi connectivity index (χ1v) is 10.4. The van der Waals surface area contributed by atoms with Crippen molar-refractivity contribution in [3.8, 4) is 0 Å². The van der Waals surface area contributed by atoms with Crippen molar-refractivity contribution in [3.63, 3.8) is 0 Å². The molecule has 27 heavy (non-hydrogen) atoms. The molecule has 1 aliphatic heterocycles. The molecule has 3 aromatic rings. The van der Waals surface area contributed by atoms with E-state index < -0.39 is 0 Å². The van der Waals surface area contributed by atoms with Crippen molar-refractivity contribution in [2.45, 2.75) is 13.5 Å². The minimum Gasteiger partial charge on any atom is -0.345 e. The topological polar surface area (TPSA) is 96.2 Å². The van der Waals surface area contributed by atoms with Crippen LogP contribution in [0.5, 0.6) is 0 Å². The lowest BCUT2D eigenvalue weighted by atomic mass is 10.3. The van der Waals surface area contributed by atoms with Crippen LogP contribution in [-0.2, 0) is 11.3 Å². The van der Waals surface area contributed by atoms with Crippen LogP contribution in [0.4, 0.5) is 10.3 Å². The number of nitrogens with zero attached hydrogens (tertiary/aromatic N) is 6. The van der Waals surface area contributed by atoms with E-state index in [2.05, 4.69) is 37.0 Å². The molecule has 0 saturated carbocycles. The maximum atomic E-state index is 12.7. The zero-order valence-electron chi connectivity index (χ0n) is 14.8. The van der Waals surface area contributed by atoms with Gasteiger partial charge in [0.2, 0.25) is 5.91 Å². The molecule has 1 aliphatic rings. The van der Waals surface area contributed by atoms with E-state index in [1.807, 2.05) is 0 Å². The molecule has 0 spiro atoms. The zero-order valence-corrected chi connectivity index (χ0v) is 16.4. The molecule has 1 amide bonds. The number of carbonyl (C=O) groups excluding carboxylic acids is 1. The largest absolute Gasteiger partial charge is 0.345 e. The van der Waals surface area contributed by atoms with Gasteiger partial charge >= 0.3 is 0 Å². The summed E-state index contributed by atoms with van der Waals surface area (Å²) in [4.78, 5) is 42.2. The molecule has 142 valence electrons. The number of anilines is 2. The summed E-state index contributed by atoms with van der Waals surface area (Å²) in [6.45, 7) is 6.84. The van der Waals surface area contributed by atoms with E-state index in [9.17, 15) is 9.59 Å². The standard InChI is InChI=1S/C16H19N7O2S2/c1-2-21-4-6-22(7-5-21)16-20-13-12(27-16)14(25)23(10-18-13)9-11(24)19-15-17-3-8-26-15/h3,8,10H,2,4-7,9H2,1H3,(H,17,19,24). The molecule has 9 nitrogen and oxygen atoms in total. The lowest BCUT2D eigenvalue weighted by Gasteiger charge is -2.33. The Kier molecular flexibility index (Phi) is 5.14. The molecule has 0 unspecified atom stereocenters. The SMILES string of the molecule is CCN1CCN(c2nc3ncn(CC(=O)Nc4nccs4)c(=O)c3s2)CC1. The summed E-state index contributed by atoms with van der Waals surface area (Å²) in [5, 5.41) is 5.76. The molecule has 1 saturated heterocycles. The minimum atomic E-state index is -0.311. The summed E-state index contributed by atoms with van der Waals surface area (Å²) in [5.41, 5.74) is 0.194. The average Bonchev–Trinajstić information content (AvgIpc) is 3.34. The number of nitrogens with one attached hydrogen (secondary N) is 1. The molecule has 0 bridgehead atoms. The second kappa shape index (κ2) is 7.71. The molecule has 0 aromatic carbocycles. The number of piperazine rings is 1. The molecular weight excluding hydrogens is 386 g/mol. The molecule has 0 atom stereocenters. The molecule has 4 rings (SSSR count). The van der Waals surface area contributed by atoms with E-state index in [4.69, 9.17) is 0 Å². The van der Waals surface area contributed by atoms with Crippen LogP contribution in [0.3, 0.4) is 0 Å². The van der Waals surface area contributed by atoms with E-state index in [0.717, 1.165) is 37.9 Å². The fraction of sp³-hybridized carbons (Fsp3) is 0.438. The van der Waals surface area contributed by atoms with Gasteiger partial charge in [0.15, 0.2) is 15.9 Å². The number of rotatable bonds is 5. The van der Waals surface area contributed by atoms with E-state index in [1.54, 1.807) is 11.6 Å². The van der Waals surface area contributed by atoms with Gasteiger partial charge in [0.25, 0.3) is 5.56 Å². The van der Waals surface area contributed by atoms with Crippen molar-refractivity contribution in [1.82, 2.24) is 24.4 Å². The Labute approximate surface area is 163 Å². The van der Waals surface area contributed by atoms with Gasteiger partial charge in [0.05, 0.1) is 0 Å². The molecule has 3 aromatic heterocycles. The number of hydrogen-bond acceptors (Lipinski definition) is 9. The Balaban J connectivity index is 1.52. The molecular formula is C16H19N7O2S2. The van der Waals surface area contributed by atoms with Gasteiger partial charge in [0, 0.05) is 37.8 Å². The summed E-state index contributed by atoms with van der Waals surface area (Å²) >= 11 is 2.67. The number of hydrogen-bond donors (Lipinski definition) is 1. The Morgan fingerprint density at radius 2 is 2.07 bits per heavy atom. The normalized spacial score (nSPS) is 15.4. The Hall–Kier alpha value is -2.37.